The van der Waals surface area contributed by atoms with Crippen LogP contribution in [0.3, 0.4) is 0 Å². The fourth-order valence-corrected chi connectivity index (χ4v) is 1.73. The van der Waals surface area contributed by atoms with E-state index in [-0.39, 0.29) is 22.1 Å². The molecule has 1 atom stereocenters. The van der Waals surface area contributed by atoms with Crippen molar-refractivity contribution >= 4 is 21.6 Å². The van der Waals surface area contributed by atoms with Gasteiger partial charge in [0, 0.05) is 13.2 Å². The molecule has 0 aliphatic heterocycles. The van der Waals surface area contributed by atoms with Gasteiger partial charge in [-0.3, -0.25) is 0 Å². The molecule has 1 aromatic rings. The minimum Gasteiger partial charge on any atom is -0.383 e. The first-order valence-corrected chi connectivity index (χ1v) is 6.15. The molecule has 0 spiro atoms. The van der Waals surface area contributed by atoms with E-state index in [1.54, 1.807) is 7.11 Å². The maximum Gasteiger partial charge on any atom is 0.147 e. The Morgan fingerprint density at radius 3 is 2.47 bits per heavy atom. The van der Waals surface area contributed by atoms with E-state index in [0.29, 0.717) is 6.61 Å². The third kappa shape index (κ3) is 3.92. The van der Waals surface area contributed by atoms with Crippen LogP contribution in [0.1, 0.15) is 13.8 Å². The van der Waals surface area contributed by atoms with Crippen LogP contribution >= 0.6 is 15.9 Å². The zero-order chi connectivity index (χ0) is 13.0. The fourth-order valence-electron chi connectivity index (χ4n) is 1.41. The van der Waals surface area contributed by atoms with E-state index >= 15 is 0 Å². The lowest BCUT2D eigenvalue weighted by atomic mass is 10.0. The minimum absolute atomic E-state index is 0.0601. The SMILES string of the molecule is COCC(Nc1cc(F)c(Br)cc1F)C(C)C. The number of hydrogen-bond acceptors (Lipinski definition) is 2. The molecule has 0 aliphatic rings. The average molecular weight is 308 g/mol. The average Bonchev–Trinajstić information content (AvgIpc) is 2.24. The summed E-state index contributed by atoms with van der Waals surface area (Å²) in [5, 5.41) is 2.95. The summed E-state index contributed by atoms with van der Waals surface area (Å²) in [5.74, 6) is -0.727. The van der Waals surface area contributed by atoms with Gasteiger partial charge in [0.25, 0.3) is 0 Å². The van der Waals surface area contributed by atoms with Crippen molar-refractivity contribution < 1.29 is 13.5 Å². The van der Waals surface area contributed by atoms with E-state index < -0.39 is 11.6 Å². The molecular formula is C12H16BrF2NO. The number of ether oxygens (including phenoxy) is 1. The highest BCUT2D eigenvalue weighted by Gasteiger charge is 2.16. The largest absolute Gasteiger partial charge is 0.383 e. The van der Waals surface area contributed by atoms with E-state index in [1.807, 2.05) is 13.8 Å². The van der Waals surface area contributed by atoms with Crippen LogP contribution in [0.15, 0.2) is 16.6 Å². The lowest BCUT2D eigenvalue weighted by molar-refractivity contribution is 0.171. The van der Waals surface area contributed by atoms with E-state index in [4.69, 9.17) is 4.74 Å². The number of benzene rings is 1. The molecule has 1 rings (SSSR count). The third-order valence-corrected chi connectivity index (χ3v) is 3.11. The molecule has 2 nitrogen and oxygen atoms in total. The highest BCUT2D eigenvalue weighted by molar-refractivity contribution is 9.10. The first kappa shape index (κ1) is 14.4. The Morgan fingerprint density at radius 1 is 1.29 bits per heavy atom. The Labute approximate surface area is 108 Å². The Morgan fingerprint density at radius 2 is 1.94 bits per heavy atom. The van der Waals surface area contributed by atoms with Crippen molar-refractivity contribution in [2.45, 2.75) is 19.9 Å². The second-order valence-electron chi connectivity index (χ2n) is 4.20. The lowest BCUT2D eigenvalue weighted by Gasteiger charge is -2.23. The second-order valence-corrected chi connectivity index (χ2v) is 5.05. The Bertz CT molecular complexity index is 385. The topological polar surface area (TPSA) is 21.3 Å². The predicted octanol–water partition coefficient (Wildman–Crippen LogP) is 3.81. The lowest BCUT2D eigenvalue weighted by Crippen LogP contribution is -2.30. The van der Waals surface area contributed by atoms with Gasteiger partial charge in [0.05, 0.1) is 22.8 Å². The van der Waals surface area contributed by atoms with Crippen LogP contribution in [-0.2, 0) is 4.74 Å². The van der Waals surface area contributed by atoms with Gasteiger partial charge in [-0.15, -0.1) is 0 Å². The van der Waals surface area contributed by atoms with Gasteiger partial charge in [0.1, 0.15) is 11.6 Å². The molecule has 0 fully saturated rings. The number of halogens is 3. The quantitative estimate of drug-likeness (QED) is 0.835. The number of rotatable bonds is 5. The highest BCUT2D eigenvalue weighted by Crippen LogP contribution is 2.24. The fraction of sp³-hybridized carbons (Fsp3) is 0.500. The molecule has 1 N–H and O–H groups in total. The predicted molar refractivity (Wildman–Crippen MR) is 68.2 cm³/mol. The summed E-state index contributed by atoms with van der Waals surface area (Å²) in [5.41, 5.74) is 0.154. The number of methoxy groups -OCH3 is 1. The summed E-state index contributed by atoms with van der Waals surface area (Å²) in [6.07, 6.45) is 0. The molecule has 0 aliphatic carbocycles. The van der Waals surface area contributed by atoms with Crippen molar-refractivity contribution in [2.75, 3.05) is 19.0 Å². The van der Waals surface area contributed by atoms with Crippen molar-refractivity contribution in [3.8, 4) is 0 Å². The van der Waals surface area contributed by atoms with Gasteiger partial charge in [-0.05, 0) is 27.9 Å². The van der Waals surface area contributed by atoms with E-state index in [1.165, 1.54) is 0 Å². The van der Waals surface area contributed by atoms with Crippen molar-refractivity contribution in [2.24, 2.45) is 5.92 Å². The maximum atomic E-state index is 13.6. The molecule has 0 amide bonds. The van der Waals surface area contributed by atoms with E-state index in [2.05, 4.69) is 21.2 Å². The van der Waals surface area contributed by atoms with Crippen LogP contribution in [0.25, 0.3) is 0 Å². The van der Waals surface area contributed by atoms with Gasteiger partial charge in [-0.1, -0.05) is 13.8 Å². The van der Waals surface area contributed by atoms with Crippen molar-refractivity contribution in [3.63, 3.8) is 0 Å². The van der Waals surface area contributed by atoms with Crippen LogP contribution in [0.2, 0.25) is 0 Å². The minimum atomic E-state index is -0.492. The Kier molecular flexibility index (Phi) is 5.33. The van der Waals surface area contributed by atoms with Gasteiger partial charge in [-0.2, -0.15) is 0 Å². The summed E-state index contributed by atoms with van der Waals surface area (Å²) < 4.78 is 32.1. The zero-order valence-corrected chi connectivity index (χ0v) is 11.6. The molecule has 1 aromatic carbocycles. The third-order valence-electron chi connectivity index (χ3n) is 2.50. The number of anilines is 1. The Hall–Kier alpha value is -0.680. The van der Waals surface area contributed by atoms with Gasteiger partial charge in [0.2, 0.25) is 0 Å². The number of nitrogens with one attached hydrogen (secondary N) is 1. The molecule has 17 heavy (non-hydrogen) atoms. The monoisotopic (exact) mass is 307 g/mol. The molecule has 0 aromatic heterocycles. The van der Waals surface area contributed by atoms with Gasteiger partial charge < -0.3 is 10.1 Å². The molecule has 0 bridgehead atoms. The molecule has 0 saturated carbocycles. The van der Waals surface area contributed by atoms with Gasteiger partial charge in [-0.25, -0.2) is 8.78 Å². The first-order chi connectivity index (χ1) is 7.95. The molecule has 1 unspecified atom stereocenters. The zero-order valence-electron chi connectivity index (χ0n) is 10.1. The van der Waals surface area contributed by atoms with Crippen LogP contribution in [-0.4, -0.2) is 19.8 Å². The van der Waals surface area contributed by atoms with Crippen LogP contribution in [0.4, 0.5) is 14.5 Å². The molecule has 96 valence electrons. The smallest absolute Gasteiger partial charge is 0.147 e. The molecular weight excluding hydrogens is 292 g/mol. The molecule has 0 saturated heterocycles. The van der Waals surface area contributed by atoms with Crippen LogP contribution in [0, 0.1) is 17.6 Å². The second kappa shape index (κ2) is 6.31. The van der Waals surface area contributed by atoms with Crippen LogP contribution < -0.4 is 5.32 Å². The van der Waals surface area contributed by atoms with E-state index in [9.17, 15) is 8.78 Å². The highest BCUT2D eigenvalue weighted by atomic mass is 79.9. The summed E-state index contributed by atoms with van der Waals surface area (Å²) >= 11 is 2.94. The summed E-state index contributed by atoms with van der Waals surface area (Å²) in [7, 11) is 1.58. The van der Waals surface area contributed by atoms with Gasteiger partial charge in [0.15, 0.2) is 0 Å². The normalized spacial score (nSPS) is 12.9. The summed E-state index contributed by atoms with van der Waals surface area (Å²) in [4.78, 5) is 0. The van der Waals surface area contributed by atoms with Crippen molar-refractivity contribution in [3.05, 3.63) is 28.2 Å². The van der Waals surface area contributed by atoms with Crippen LogP contribution in [0.5, 0.6) is 0 Å². The molecule has 0 heterocycles. The molecule has 0 radical (unpaired) electrons. The summed E-state index contributed by atoms with van der Waals surface area (Å²) in [6.45, 7) is 4.42. The first-order valence-electron chi connectivity index (χ1n) is 5.35. The number of hydrogen-bond donors (Lipinski definition) is 1. The standard InChI is InChI=1S/C12H16BrF2NO/c1-7(2)12(6-17-3)16-11-5-9(14)8(13)4-10(11)15/h4-5,7,12,16H,6H2,1-3H3. The van der Waals surface area contributed by atoms with Crippen molar-refractivity contribution in [1.82, 2.24) is 0 Å². The van der Waals surface area contributed by atoms with Crippen molar-refractivity contribution in [1.29, 1.82) is 0 Å². The summed E-state index contributed by atoms with van der Waals surface area (Å²) in [6, 6.07) is 2.20. The van der Waals surface area contributed by atoms with Gasteiger partial charge >= 0.3 is 0 Å². The Balaban J connectivity index is 2.89. The maximum absolute atomic E-state index is 13.6. The van der Waals surface area contributed by atoms with E-state index in [0.717, 1.165) is 12.1 Å². The molecule has 5 heteroatoms.